The second-order valence-corrected chi connectivity index (χ2v) is 5.30. The number of alkyl carbamates (subject to hydrolysis) is 1. The van der Waals surface area contributed by atoms with Crippen LogP contribution in [0.1, 0.15) is 34.6 Å². The third-order valence-corrected chi connectivity index (χ3v) is 2.37. The minimum Gasteiger partial charge on any atom is -0.444 e. The predicted molar refractivity (Wildman–Crippen MR) is 61.8 cm³/mol. The first-order valence-electron chi connectivity index (χ1n) is 4.81. The van der Waals surface area contributed by atoms with Crippen molar-refractivity contribution in [2.24, 2.45) is 5.92 Å². The quantitative estimate of drug-likeness (QED) is 0.797. The van der Waals surface area contributed by atoms with E-state index in [2.05, 4.69) is 35.1 Å². The molecule has 0 aromatic rings. The van der Waals surface area contributed by atoms with Crippen molar-refractivity contribution >= 4 is 22.0 Å². The summed E-state index contributed by atoms with van der Waals surface area (Å²) in [6.07, 6.45) is -0.351. The lowest BCUT2D eigenvalue weighted by Crippen LogP contribution is -2.42. The molecule has 4 heteroatoms. The van der Waals surface area contributed by atoms with Gasteiger partial charge in [0.05, 0.1) is 0 Å². The van der Waals surface area contributed by atoms with E-state index in [0.717, 1.165) is 5.33 Å². The molecule has 0 saturated carbocycles. The van der Waals surface area contributed by atoms with Crippen LogP contribution in [0.5, 0.6) is 0 Å². The molecule has 1 unspecified atom stereocenters. The zero-order chi connectivity index (χ0) is 11.4. The first-order valence-corrected chi connectivity index (χ1v) is 5.94. The predicted octanol–water partition coefficient (Wildman–Crippen LogP) is 2.93. The number of amides is 1. The van der Waals surface area contributed by atoms with Crippen LogP contribution in [0.15, 0.2) is 0 Å². The summed E-state index contributed by atoms with van der Waals surface area (Å²) in [5.41, 5.74) is -0.433. The Bertz CT molecular complexity index is 187. The number of hydrogen-bond acceptors (Lipinski definition) is 2. The zero-order valence-electron chi connectivity index (χ0n) is 9.56. The Morgan fingerprint density at radius 3 is 2.21 bits per heavy atom. The second-order valence-electron chi connectivity index (χ2n) is 4.65. The number of hydrogen-bond donors (Lipinski definition) is 1. The Balaban J connectivity index is 4.04. The average molecular weight is 266 g/mol. The van der Waals surface area contributed by atoms with Crippen molar-refractivity contribution in [2.45, 2.75) is 46.3 Å². The van der Waals surface area contributed by atoms with E-state index in [-0.39, 0.29) is 12.1 Å². The lowest BCUT2D eigenvalue weighted by molar-refractivity contribution is 0.0498. The summed E-state index contributed by atoms with van der Waals surface area (Å²) in [6.45, 7) is 9.67. The number of alkyl halides is 1. The fourth-order valence-electron chi connectivity index (χ4n) is 0.842. The summed E-state index contributed by atoms with van der Waals surface area (Å²) in [6, 6.07) is 0.116. The minimum atomic E-state index is -0.433. The van der Waals surface area contributed by atoms with Crippen molar-refractivity contribution in [1.29, 1.82) is 0 Å². The number of nitrogens with one attached hydrogen (secondary N) is 1. The first kappa shape index (κ1) is 13.8. The Hall–Kier alpha value is -0.250. The highest BCUT2D eigenvalue weighted by Crippen LogP contribution is 2.09. The lowest BCUT2D eigenvalue weighted by Gasteiger charge is -2.24. The number of carbonyl (C=O) groups is 1. The van der Waals surface area contributed by atoms with Gasteiger partial charge >= 0.3 is 6.09 Å². The number of carbonyl (C=O) groups excluding carboxylic acids is 1. The van der Waals surface area contributed by atoms with E-state index in [0.29, 0.717) is 5.92 Å². The Morgan fingerprint density at radius 1 is 1.43 bits per heavy atom. The molecule has 84 valence electrons. The molecule has 0 aliphatic heterocycles. The van der Waals surface area contributed by atoms with E-state index in [1.807, 2.05) is 20.8 Å². The van der Waals surface area contributed by atoms with Gasteiger partial charge in [0.15, 0.2) is 0 Å². The van der Waals surface area contributed by atoms with Gasteiger partial charge in [-0.15, -0.1) is 0 Å². The standard InChI is InChI=1S/C10H20BrNO2/c1-7(2)8(6-11)12-9(13)14-10(3,4)5/h7-8H,6H2,1-5H3,(H,12,13). The largest absolute Gasteiger partial charge is 0.444 e. The first-order chi connectivity index (χ1) is 6.26. The van der Waals surface area contributed by atoms with Gasteiger partial charge in [0.2, 0.25) is 0 Å². The van der Waals surface area contributed by atoms with Crippen LogP contribution in [0.4, 0.5) is 4.79 Å². The Labute approximate surface area is 94.7 Å². The van der Waals surface area contributed by atoms with Crippen LogP contribution in [-0.2, 0) is 4.74 Å². The molecule has 0 aromatic carbocycles. The third-order valence-electron chi connectivity index (χ3n) is 1.67. The van der Waals surface area contributed by atoms with Gasteiger partial charge in [-0.25, -0.2) is 4.79 Å². The summed E-state index contributed by atoms with van der Waals surface area (Å²) < 4.78 is 5.15. The summed E-state index contributed by atoms with van der Waals surface area (Å²) in [5, 5.41) is 3.55. The molecule has 1 N–H and O–H groups in total. The highest BCUT2D eigenvalue weighted by Gasteiger charge is 2.20. The summed E-state index contributed by atoms with van der Waals surface area (Å²) in [5.74, 6) is 0.391. The number of ether oxygens (including phenoxy) is 1. The maximum atomic E-state index is 11.4. The van der Waals surface area contributed by atoms with Gasteiger partial charge in [0, 0.05) is 11.4 Å². The highest BCUT2D eigenvalue weighted by molar-refractivity contribution is 9.09. The maximum absolute atomic E-state index is 11.4. The van der Waals surface area contributed by atoms with Crippen molar-refractivity contribution in [3.8, 4) is 0 Å². The molecule has 0 bridgehead atoms. The van der Waals surface area contributed by atoms with Gasteiger partial charge in [0.25, 0.3) is 0 Å². The van der Waals surface area contributed by atoms with Gasteiger partial charge in [-0.05, 0) is 26.7 Å². The highest BCUT2D eigenvalue weighted by atomic mass is 79.9. The van der Waals surface area contributed by atoms with E-state index < -0.39 is 5.60 Å². The number of halogens is 1. The van der Waals surface area contributed by atoms with Crippen LogP contribution in [0.25, 0.3) is 0 Å². The Morgan fingerprint density at radius 2 is 1.93 bits per heavy atom. The molecule has 14 heavy (non-hydrogen) atoms. The van der Waals surface area contributed by atoms with Crippen molar-refractivity contribution in [3.63, 3.8) is 0 Å². The lowest BCUT2D eigenvalue weighted by atomic mass is 10.1. The van der Waals surface area contributed by atoms with E-state index in [4.69, 9.17) is 4.74 Å². The molecule has 0 radical (unpaired) electrons. The second kappa shape index (κ2) is 5.59. The van der Waals surface area contributed by atoms with Gasteiger partial charge in [-0.1, -0.05) is 29.8 Å². The zero-order valence-corrected chi connectivity index (χ0v) is 11.1. The van der Waals surface area contributed by atoms with E-state index >= 15 is 0 Å². The Kier molecular flexibility index (Phi) is 5.49. The molecule has 1 atom stereocenters. The van der Waals surface area contributed by atoms with E-state index in [1.165, 1.54) is 0 Å². The van der Waals surface area contributed by atoms with Gasteiger partial charge in [-0.3, -0.25) is 0 Å². The van der Waals surface area contributed by atoms with Crippen molar-refractivity contribution in [2.75, 3.05) is 5.33 Å². The summed E-state index contributed by atoms with van der Waals surface area (Å²) >= 11 is 3.35. The van der Waals surface area contributed by atoms with Crippen LogP contribution < -0.4 is 5.32 Å². The molecular formula is C10H20BrNO2. The molecule has 0 saturated heterocycles. The van der Waals surface area contributed by atoms with Crippen LogP contribution in [-0.4, -0.2) is 23.1 Å². The molecule has 0 fully saturated rings. The molecule has 3 nitrogen and oxygen atoms in total. The minimum absolute atomic E-state index is 0.116. The van der Waals surface area contributed by atoms with Gasteiger partial charge in [0.1, 0.15) is 5.60 Å². The monoisotopic (exact) mass is 265 g/mol. The van der Waals surface area contributed by atoms with Crippen molar-refractivity contribution < 1.29 is 9.53 Å². The molecule has 0 aliphatic carbocycles. The normalized spacial score (nSPS) is 13.9. The molecule has 0 spiro atoms. The van der Waals surface area contributed by atoms with E-state index in [1.54, 1.807) is 0 Å². The van der Waals surface area contributed by atoms with E-state index in [9.17, 15) is 4.79 Å². The van der Waals surface area contributed by atoms with Gasteiger partial charge < -0.3 is 10.1 Å². The topological polar surface area (TPSA) is 38.3 Å². The molecular weight excluding hydrogens is 246 g/mol. The molecule has 1 amide bonds. The van der Waals surface area contributed by atoms with Crippen LogP contribution in [0.2, 0.25) is 0 Å². The fourth-order valence-corrected chi connectivity index (χ4v) is 1.75. The summed E-state index contributed by atoms with van der Waals surface area (Å²) in [4.78, 5) is 11.4. The SMILES string of the molecule is CC(C)C(CBr)NC(=O)OC(C)(C)C. The molecule has 0 rings (SSSR count). The van der Waals surface area contributed by atoms with Crippen LogP contribution >= 0.6 is 15.9 Å². The fraction of sp³-hybridized carbons (Fsp3) is 0.900. The third kappa shape index (κ3) is 6.24. The average Bonchev–Trinajstić information content (AvgIpc) is 1.96. The smallest absolute Gasteiger partial charge is 0.407 e. The van der Waals surface area contributed by atoms with Crippen LogP contribution in [0.3, 0.4) is 0 Å². The van der Waals surface area contributed by atoms with Crippen LogP contribution in [0, 0.1) is 5.92 Å². The maximum Gasteiger partial charge on any atom is 0.407 e. The van der Waals surface area contributed by atoms with Crippen molar-refractivity contribution in [3.05, 3.63) is 0 Å². The van der Waals surface area contributed by atoms with Crippen molar-refractivity contribution in [1.82, 2.24) is 5.32 Å². The van der Waals surface area contributed by atoms with Gasteiger partial charge in [-0.2, -0.15) is 0 Å². The molecule has 0 heterocycles. The number of rotatable bonds is 3. The molecule has 0 aromatic heterocycles. The summed E-state index contributed by atoms with van der Waals surface area (Å²) in [7, 11) is 0. The molecule has 0 aliphatic rings.